The van der Waals surface area contributed by atoms with Gasteiger partial charge >= 0.3 is 0 Å². The zero-order valence-corrected chi connectivity index (χ0v) is 40.8. The molecule has 4 heteroatoms. The number of benzene rings is 10. The second-order valence-electron chi connectivity index (χ2n) is 20.8. The van der Waals surface area contributed by atoms with Crippen molar-refractivity contribution >= 4 is 68.6 Å². The molecule has 4 aliphatic rings. The first-order chi connectivity index (χ1) is 35.4. The number of anilines is 8. The van der Waals surface area contributed by atoms with Gasteiger partial charge in [-0.2, -0.15) is 0 Å². The van der Waals surface area contributed by atoms with Crippen LogP contribution in [0.4, 0.5) is 45.5 Å². The monoisotopic (exact) mass is 923 g/mol. The second-order valence-corrected chi connectivity index (χ2v) is 20.8. The normalized spacial score (nSPS) is 17.9. The SMILES string of the molecule is CC12CCCCC1(C)N1c3cc(N(c4cccc(-c5ccccc5)c4)c4cccc(-c5ccccc5)c4)cc4c3B(c3ccc(-c5ccccc5)cc3N4c3cccc(-c4ccccc4)c3)c3cccc2c31. The van der Waals surface area contributed by atoms with Gasteiger partial charge in [0.25, 0.3) is 6.71 Å². The summed E-state index contributed by atoms with van der Waals surface area (Å²) < 4.78 is 0. The quantitative estimate of drug-likeness (QED) is 0.141. The Hall–Kier alpha value is -8.34. The number of para-hydroxylation sites is 1. The third kappa shape index (κ3) is 6.51. The Balaban J connectivity index is 1.09. The Labute approximate surface area is 424 Å². The molecule has 3 nitrogen and oxygen atoms in total. The highest BCUT2D eigenvalue weighted by molar-refractivity contribution is 7.00. The Morgan fingerprint density at radius 3 is 1.49 bits per heavy atom. The van der Waals surface area contributed by atoms with Gasteiger partial charge in [-0.15, -0.1) is 0 Å². The smallest absolute Gasteiger partial charge is 0.252 e. The highest BCUT2D eigenvalue weighted by Gasteiger charge is 2.61. The Kier molecular flexibility index (Phi) is 9.83. The van der Waals surface area contributed by atoms with E-state index in [1.807, 2.05) is 0 Å². The van der Waals surface area contributed by atoms with Crippen LogP contribution in [-0.4, -0.2) is 12.3 Å². The molecule has 3 aliphatic heterocycles. The van der Waals surface area contributed by atoms with Gasteiger partial charge in [-0.1, -0.05) is 208 Å². The minimum Gasteiger partial charge on any atom is -0.335 e. The van der Waals surface area contributed by atoms with Crippen LogP contribution in [-0.2, 0) is 5.41 Å². The van der Waals surface area contributed by atoms with Crippen molar-refractivity contribution in [2.45, 2.75) is 50.5 Å². The molecule has 14 rings (SSSR count). The predicted octanol–water partition coefficient (Wildman–Crippen LogP) is 16.2. The number of rotatable bonds is 8. The van der Waals surface area contributed by atoms with Crippen LogP contribution < -0.4 is 31.1 Å². The summed E-state index contributed by atoms with van der Waals surface area (Å²) in [7, 11) is 0. The first kappa shape index (κ1) is 42.5. The molecule has 10 aromatic rings. The van der Waals surface area contributed by atoms with Gasteiger partial charge in [0.1, 0.15) is 0 Å². The van der Waals surface area contributed by atoms with Gasteiger partial charge in [0.2, 0.25) is 0 Å². The highest BCUT2D eigenvalue weighted by atomic mass is 15.3. The molecule has 0 saturated heterocycles. The minimum atomic E-state index is -0.137. The maximum atomic E-state index is 2.86. The van der Waals surface area contributed by atoms with Crippen LogP contribution in [0.15, 0.2) is 243 Å². The molecule has 1 saturated carbocycles. The fourth-order valence-electron chi connectivity index (χ4n) is 13.3. The van der Waals surface area contributed by atoms with Crippen LogP contribution in [0.3, 0.4) is 0 Å². The molecular formula is C68H54BN3. The summed E-state index contributed by atoms with van der Waals surface area (Å²) in [6.45, 7) is 5.19. The summed E-state index contributed by atoms with van der Waals surface area (Å²) in [6, 6.07) is 90.6. The molecule has 1 fully saturated rings. The molecule has 0 amide bonds. The lowest BCUT2D eigenvalue weighted by Crippen LogP contribution is -2.64. The summed E-state index contributed by atoms with van der Waals surface area (Å²) in [4.78, 5) is 7.99. The van der Waals surface area contributed by atoms with Crippen molar-refractivity contribution < 1.29 is 0 Å². The van der Waals surface area contributed by atoms with Crippen molar-refractivity contribution in [3.8, 4) is 44.5 Å². The lowest BCUT2D eigenvalue weighted by molar-refractivity contribution is 0.195. The van der Waals surface area contributed by atoms with Crippen molar-refractivity contribution in [2.24, 2.45) is 0 Å². The molecule has 344 valence electrons. The zero-order valence-electron chi connectivity index (χ0n) is 40.8. The number of nitrogens with zero attached hydrogens (tertiary/aromatic N) is 3. The van der Waals surface area contributed by atoms with E-state index in [0.717, 1.165) is 29.2 Å². The number of hydrogen-bond donors (Lipinski definition) is 0. The Morgan fingerprint density at radius 1 is 0.389 bits per heavy atom. The summed E-state index contributed by atoms with van der Waals surface area (Å²) in [5.74, 6) is 0. The van der Waals surface area contributed by atoms with E-state index in [0.29, 0.717) is 0 Å². The van der Waals surface area contributed by atoms with E-state index in [-0.39, 0.29) is 17.7 Å². The van der Waals surface area contributed by atoms with Crippen molar-refractivity contribution in [2.75, 3.05) is 14.7 Å². The topological polar surface area (TPSA) is 9.72 Å². The van der Waals surface area contributed by atoms with Crippen LogP contribution in [0.25, 0.3) is 44.5 Å². The summed E-state index contributed by atoms with van der Waals surface area (Å²) >= 11 is 0. The van der Waals surface area contributed by atoms with Crippen LogP contribution in [0.1, 0.15) is 45.1 Å². The van der Waals surface area contributed by atoms with Gasteiger partial charge in [-0.25, -0.2) is 0 Å². The average molecular weight is 924 g/mol. The van der Waals surface area contributed by atoms with E-state index < -0.39 is 0 Å². The maximum Gasteiger partial charge on any atom is 0.252 e. The van der Waals surface area contributed by atoms with E-state index in [1.165, 1.54) is 108 Å². The van der Waals surface area contributed by atoms with Gasteiger partial charge in [0, 0.05) is 45.2 Å². The van der Waals surface area contributed by atoms with Crippen LogP contribution >= 0.6 is 0 Å². The summed E-state index contributed by atoms with van der Waals surface area (Å²) in [6.07, 6.45) is 4.75. The van der Waals surface area contributed by atoms with Crippen LogP contribution in [0.5, 0.6) is 0 Å². The third-order valence-corrected chi connectivity index (χ3v) is 16.9. The molecule has 1 aliphatic carbocycles. The predicted molar refractivity (Wildman–Crippen MR) is 305 cm³/mol. The number of hydrogen-bond acceptors (Lipinski definition) is 3. The fourth-order valence-corrected chi connectivity index (χ4v) is 13.3. The summed E-state index contributed by atoms with van der Waals surface area (Å²) in [5.41, 5.74) is 24.7. The average Bonchev–Trinajstić information content (AvgIpc) is 3.67. The first-order valence-corrected chi connectivity index (χ1v) is 25.8. The number of fused-ring (bicyclic) bond motifs is 7. The lowest BCUT2D eigenvalue weighted by Gasteiger charge is -2.53. The minimum absolute atomic E-state index is 0.0206. The largest absolute Gasteiger partial charge is 0.335 e. The van der Waals surface area contributed by atoms with Crippen molar-refractivity contribution in [1.82, 2.24) is 0 Å². The van der Waals surface area contributed by atoms with Gasteiger partial charge in [0.15, 0.2) is 0 Å². The van der Waals surface area contributed by atoms with E-state index in [4.69, 9.17) is 0 Å². The molecule has 0 aromatic heterocycles. The standard InChI is InChI=1S/C68H54BN3/c1-67-39-15-16-40-68(67,2)72-64-46-58(70(55-32-17-29-51(41-55)47-21-7-3-8-22-47)56-33-18-30-52(42-56)48-23-9-4-10-24-48)45-63-65(64)69(61-36-20-35-59(67)66(61)72)60-38-37-54(50-27-13-6-14-28-50)44-62(60)71(63)57-34-19-31-53(43-57)49-25-11-5-12-26-49/h3-14,17-38,41-46H,15-16,39-40H2,1-2H3. The zero-order chi connectivity index (χ0) is 48.0. The maximum absolute atomic E-state index is 2.86. The van der Waals surface area contributed by atoms with Gasteiger partial charge < -0.3 is 14.7 Å². The van der Waals surface area contributed by atoms with Crippen molar-refractivity contribution in [3.63, 3.8) is 0 Å². The van der Waals surface area contributed by atoms with Gasteiger partial charge in [-0.3, -0.25) is 0 Å². The molecule has 3 heterocycles. The van der Waals surface area contributed by atoms with E-state index in [1.54, 1.807) is 0 Å². The molecule has 0 N–H and O–H groups in total. The molecule has 0 radical (unpaired) electrons. The molecule has 72 heavy (non-hydrogen) atoms. The fraction of sp³-hybridized carbons (Fsp3) is 0.118. The Bertz CT molecular complexity index is 3620. The molecule has 10 aromatic carbocycles. The van der Waals surface area contributed by atoms with Crippen molar-refractivity contribution in [1.29, 1.82) is 0 Å². The highest BCUT2D eigenvalue weighted by Crippen LogP contribution is 2.62. The van der Waals surface area contributed by atoms with E-state index in [2.05, 4.69) is 271 Å². The third-order valence-electron chi connectivity index (χ3n) is 16.9. The molecule has 0 bridgehead atoms. The second kappa shape index (κ2) is 16.6. The lowest BCUT2D eigenvalue weighted by atomic mass is 9.33. The molecule has 2 unspecified atom stereocenters. The van der Waals surface area contributed by atoms with Crippen LogP contribution in [0, 0.1) is 0 Å². The van der Waals surface area contributed by atoms with Gasteiger partial charge in [-0.05, 0) is 141 Å². The Morgan fingerprint density at radius 2 is 0.889 bits per heavy atom. The molecule has 0 spiro atoms. The van der Waals surface area contributed by atoms with E-state index in [9.17, 15) is 0 Å². The van der Waals surface area contributed by atoms with Gasteiger partial charge in [0.05, 0.1) is 11.2 Å². The molecule has 2 atom stereocenters. The van der Waals surface area contributed by atoms with Crippen LogP contribution in [0.2, 0.25) is 0 Å². The van der Waals surface area contributed by atoms with E-state index >= 15 is 0 Å². The molecular weight excluding hydrogens is 870 g/mol. The summed E-state index contributed by atoms with van der Waals surface area (Å²) in [5, 5.41) is 0. The van der Waals surface area contributed by atoms with Crippen molar-refractivity contribution in [3.05, 3.63) is 248 Å². The first-order valence-electron chi connectivity index (χ1n) is 25.8.